The van der Waals surface area contributed by atoms with Crippen LogP contribution >= 0.6 is 0 Å². The number of hydrogen-bond acceptors (Lipinski definition) is 7. The van der Waals surface area contributed by atoms with Gasteiger partial charge < -0.3 is 30.7 Å². The Bertz CT molecular complexity index is 440. The fourth-order valence-electron chi connectivity index (χ4n) is 2.08. The minimum Gasteiger partial charge on any atom is -0.733 e. The molecule has 0 unspecified atom stereocenters. The van der Waals surface area contributed by atoms with Gasteiger partial charge in [0.25, 0.3) is 0 Å². The van der Waals surface area contributed by atoms with E-state index in [1.165, 1.54) is 6.07 Å². The van der Waals surface area contributed by atoms with Gasteiger partial charge in [0.1, 0.15) is 12.3 Å². The summed E-state index contributed by atoms with van der Waals surface area (Å²) in [5.74, 6) is 0. The molecule has 1 heterocycles. The molecule has 19 heavy (non-hydrogen) atoms. The molecule has 0 saturated carbocycles. The topological polar surface area (TPSA) is 108 Å². The van der Waals surface area contributed by atoms with Crippen molar-refractivity contribution in [1.29, 1.82) is 0 Å². The summed E-state index contributed by atoms with van der Waals surface area (Å²) in [7, 11) is 0. The van der Waals surface area contributed by atoms with Crippen LogP contribution in [0, 0.1) is 12.1 Å². The highest BCUT2D eigenvalue weighted by Crippen LogP contribution is 2.26. The van der Waals surface area contributed by atoms with E-state index in [1.54, 1.807) is 19.1 Å². The van der Waals surface area contributed by atoms with E-state index in [1.807, 2.05) is 0 Å². The van der Waals surface area contributed by atoms with E-state index < -0.39 is 18.4 Å². The van der Waals surface area contributed by atoms with Crippen molar-refractivity contribution in [1.82, 2.24) is 0 Å². The van der Waals surface area contributed by atoms with Crippen molar-refractivity contribution in [3.05, 3.63) is 29.0 Å². The summed E-state index contributed by atoms with van der Waals surface area (Å²) in [6.45, 7) is 1.46. The Balaban J connectivity index is 2.06. The van der Waals surface area contributed by atoms with E-state index in [4.69, 9.17) is 15.1 Å². The summed E-state index contributed by atoms with van der Waals surface area (Å²) in [5.41, 5.74) is 1.37. The molecule has 2 rings (SSSR count). The van der Waals surface area contributed by atoms with Crippen molar-refractivity contribution < 1.29 is 20.2 Å². The Morgan fingerprint density at radius 3 is 2.84 bits per heavy atom. The lowest BCUT2D eigenvalue weighted by molar-refractivity contribution is -0.0149. The lowest BCUT2D eigenvalue weighted by atomic mass is 10.1. The van der Waals surface area contributed by atoms with Crippen molar-refractivity contribution in [2.24, 2.45) is 0 Å². The second-order valence-corrected chi connectivity index (χ2v) is 4.57. The monoisotopic (exact) mass is 269 g/mol. The van der Waals surface area contributed by atoms with Gasteiger partial charge in [0.15, 0.2) is 0 Å². The van der Waals surface area contributed by atoms with Crippen LogP contribution in [-0.4, -0.2) is 40.5 Å². The Morgan fingerprint density at radius 1 is 1.53 bits per heavy atom. The van der Waals surface area contributed by atoms with Crippen LogP contribution in [0.4, 0.5) is 11.4 Å². The van der Waals surface area contributed by atoms with Crippen LogP contribution in [-0.2, 0) is 4.74 Å². The maximum atomic E-state index is 10.9. The molecule has 1 fully saturated rings. The Labute approximate surface area is 110 Å². The molecule has 0 bridgehead atoms. The van der Waals surface area contributed by atoms with Gasteiger partial charge in [-0.2, -0.15) is 0 Å². The van der Waals surface area contributed by atoms with Gasteiger partial charge in [-0.1, -0.05) is 6.07 Å². The summed E-state index contributed by atoms with van der Waals surface area (Å²) in [5, 5.41) is 41.3. The first-order valence-corrected chi connectivity index (χ1v) is 5.99. The van der Waals surface area contributed by atoms with Crippen molar-refractivity contribution in [3.8, 4) is 0 Å². The maximum absolute atomic E-state index is 10.9. The highest BCUT2D eigenvalue weighted by Gasteiger charge is 2.33. The van der Waals surface area contributed by atoms with E-state index in [0.29, 0.717) is 17.7 Å². The van der Waals surface area contributed by atoms with Gasteiger partial charge in [-0.25, -0.2) is 0 Å². The van der Waals surface area contributed by atoms with Crippen LogP contribution in [0.2, 0.25) is 0 Å². The van der Waals surface area contributed by atoms with Gasteiger partial charge in [-0.3, -0.25) is 5.21 Å². The number of aliphatic hydroxyl groups excluding tert-OH is 2. The number of anilines is 2. The summed E-state index contributed by atoms with van der Waals surface area (Å²) in [6.07, 6.45) is -1.42. The smallest absolute Gasteiger partial charge is 0.130 e. The minimum absolute atomic E-state index is 0.141. The third-order valence-corrected chi connectivity index (χ3v) is 3.15. The Kier molecular flexibility index (Phi) is 4.23. The molecule has 7 heteroatoms. The number of nitrogens with one attached hydrogen (secondary N) is 1. The van der Waals surface area contributed by atoms with Crippen molar-refractivity contribution in [3.63, 3.8) is 0 Å². The number of aliphatic hydroxyl groups is 2. The zero-order valence-corrected chi connectivity index (χ0v) is 10.5. The van der Waals surface area contributed by atoms with E-state index in [9.17, 15) is 10.3 Å². The summed E-state index contributed by atoms with van der Waals surface area (Å²) >= 11 is 0. The minimum atomic E-state index is -0.721. The number of benzene rings is 1. The van der Waals surface area contributed by atoms with Crippen molar-refractivity contribution in [2.75, 3.05) is 17.2 Å². The second-order valence-electron chi connectivity index (χ2n) is 4.57. The molecule has 7 nitrogen and oxygen atoms in total. The molecule has 1 aromatic carbocycles. The van der Waals surface area contributed by atoms with Crippen LogP contribution in [0.3, 0.4) is 0 Å². The lowest BCUT2D eigenvalue weighted by Crippen LogP contribution is -2.25. The Morgan fingerprint density at radius 2 is 2.26 bits per heavy atom. The molecule has 0 radical (unpaired) electrons. The highest BCUT2D eigenvalue weighted by molar-refractivity contribution is 5.61. The Hall–Kier alpha value is -1.38. The molecule has 106 valence electrons. The predicted molar refractivity (Wildman–Crippen MR) is 68.8 cm³/mol. The molecule has 4 N–H and O–H groups in total. The second kappa shape index (κ2) is 5.72. The average Bonchev–Trinajstić information content (AvgIpc) is 2.71. The molecule has 0 amide bonds. The third kappa shape index (κ3) is 3.14. The van der Waals surface area contributed by atoms with Gasteiger partial charge in [-0.15, -0.1) is 0 Å². The van der Waals surface area contributed by atoms with Gasteiger partial charge in [0.05, 0.1) is 18.4 Å². The van der Waals surface area contributed by atoms with Crippen LogP contribution < -0.4 is 10.5 Å². The number of nitrogens with zero attached hydrogens (tertiary/aromatic N) is 1. The number of aryl methyl sites for hydroxylation is 1. The van der Waals surface area contributed by atoms with Gasteiger partial charge in [-0.05, 0) is 24.6 Å². The van der Waals surface area contributed by atoms with Crippen LogP contribution in [0.5, 0.6) is 0 Å². The highest BCUT2D eigenvalue weighted by atomic mass is 16.8. The number of hydrogen-bond donors (Lipinski definition) is 4. The largest absolute Gasteiger partial charge is 0.733 e. The predicted octanol–water partition coefficient (Wildman–Crippen LogP) is 0.569. The molecule has 1 aromatic rings. The first-order valence-electron chi connectivity index (χ1n) is 5.99. The van der Waals surface area contributed by atoms with Gasteiger partial charge >= 0.3 is 0 Å². The summed E-state index contributed by atoms with van der Waals surface area (Å²) < 4.78 is 5.39. The van der Waals surface area contributed by atoms with E-state index in [-0.39, 0.29) is 17.5 Å². The van der Waals surface area contributed by atoms with Gasteiger partial charge in [0.2, 0.25) is 0 Å². The summed E-state index contributed by atoms with van der Waals surface area (Å²) in [6, 6.07) is 4.92. The third-order valence-electron chi connectivity index (χ3n) is 3.15. The van der Waals surface area contributed by atoms with Crippen molar-refractivity contribution >= 4 is 11.4 Å². The van der Waals surface area contributed by atoms with E-state index >= 15 is 0 Å². The fraction of sp³-hybridized carbons (Fsp3) is 0.500. The lowest BCUT2D eigenvalue weighted by Gasteiger charge is -2.25. The molecular formula is C12H17N2O5-. The van der Waals surface area contributed by atoms with Crippen molar-refractivity contribution in [2.45, 2.75) is 31.8 Å². The number of ether oxygens (including phenoxy) is 1. The van der Waals surface area contributed by atoms with Crippen LogP contribution in [0.1, 0.15) is 12.0 Å². The SMILES string of the molecule is Cc1ccc(N[C@@H]2C[C@H](O)[C@@H](CO)O2)cc1N([O-])O. The zero-order valence-electron chi connectivity index (χ0n) is 10.5. The molecule has 3 atom stereocenters. The molecular weight excluding hydrogens is 252 g/mol. The zero-order chi connectivity index (χ0) is 14.0. The molecule has 1 aliphatic rings. The van der Waals surface area contributed by atoms with Crippen LogP contribution in [0.25, 0.3) is 0 Å². The normalized spacial score (nSPS) is 26.5. The first kappa shape index (κ1) is 14.0. The molecule has 0 aliphatic carbocycles. The quantitative estimate of drug-likeness (QED) is 0.592. The molecule has 1 aliphatic heterocycles. The molecule has 0 aromatic heterocycles. The standard InChI is InChI=1S/C12H17N2O5/c1-7-2-3-8(4-9(7)14(17)18)13-12-5-10(16)11(6-15)19-12/h2-4,10-13,15-17H,5-6H2,1H3/q-1/t10-,11+,12-/m0/s1. The molecule has 1 saturated heterocycles. The van der Waals surface area contributed by atoms with E-state index in [0.717, 1.165) is 0 Å². The van der Waals surface area contributed by atoms with Crippen LogP contribution in [0.15, 0.2) is 18.2 Å². The summed E-state index contributed by atoms with van der Waals surface area (Å²) in [4.78, 5) is 0. The average molecular weight is 269 g/mol. The fourth-order valence-corrected chi connectivity index (χ4v) is 2.08. The van der Waals surface area contributed by atoms with E-state index in [2.05, 4.69) is 5.32 Å². The van der Waals surface area contributed by atoms with Gasteiger partial charge in [0, 0.05) is 12.1 Å². The number of rotatable bonds is 4. The maximum Gasteiger partial charge on any atom is 0.130 e. The molecule has 0 spiro atoms. The first-order chi connectivity index (χ1) is 9.01.